The monoisotopic (exact) mass is 316 g/mol. The van der Waals surface area contributed by atoms with Crippen LogP contribution in [0.4, 0.5) is 9.18 Å². The van der Waals surface area contributed by atoms with Crippen LogP contribution in [-0.2, 0) is 13.0 Å². The van der Waals surface area contributed by atoms with Crippen molar-refractivity contribution in [3.05, 3.63) is 71.5 Å². The topological polar surface area (TPSA) is 52.6 Å². The highest BCUT2D eigenvalue weighted by Gasteiger charge is 2.13. The lowest BCUT2D eigenvalue weighted by atomic mass is 10.1. The largest absolute Gasteiger partial charge is 0.395 e. The van der Waals surface area contributed by atoms with Gasteiger partial charge in [-0.15, -0.1) is 0 Å². The van der Waals surface area contributed by atoms with Crippen LogP contribution in [0.15, 0.2) is 54.6 Å². The van der Waals surface area contributed by atoms with Crippen LogP contribution >= 0.6 is 0 Å². The first-order valence-electron chi connectivity index (χ1n) is 7.61. The quantitative estimate of drug-likeness (QED) is 0.825. The molecule has 2 N–H and O–H groups in total. The lowest BCUT2D eigenvalue weighted by Crippen LogP contribution is -2.41. The van der Waals surface area contributed by atoms with E-state index in [-0.39, 0.29) is 25.0 Å². The van der Waals surface area contributed by atoms with Crippen molar-refractivity contribution in [3.63, 3.8) is 0 Å². The lowest BCUT2D eigenvalue weighted by Gasteiger charge is -2.22. The molecular formula is C18H21FN2O2. The number of hydrogen-bond donors (Lipinski definition) is 2. The van der Waals surface area contributed by atoms with Gasteiger partial charge >= 0.3 is 6.03 Å². The van der Waals surface area contributed by atoms with Gasteiger partial charge in [0.1, 0.15) is 5.82 Å². The summed E-state index contributed by atoms with van der Waals surface area (Å²) in [7, 11) is 0. The van der Waals surface area contributed by atoms with Gasteiger partial charge in [0.05, 0.1) is 6.61 Å². The maximum absolute atomic E-state index is 13.5. The van der Waals surface area contributed by atoms with E-state index < -0.39 is 0 Å². The number of aliphatic hydroxyl groups is 1. The molecule has 0 saturated heterocycles. The second kappa shape index (κ2) is 8.90. The van der Waals surface area contributed by atoms with Gasteiger partial charge in [0.25, 0.3) is 0 Å². The fourth-order valence-corrected chi connectivity index (χ4v) is 2.29. The standard InChI is InChI=1S/C18H21FN2O2/c19-17-9-5-4-8-16(17)10-11-20-18(23)21(12-13-22)14-15-6-2-1-3-7-15/h1-9,22H,10-14H2,(H,20,23). The van der Waals surface area contributed by atoms with Gasteiger partial charge in [-0.25, -0.2) is 9.18 Å². The highest BCUT2D eigenvalue weighted by molar-refractivity contribution is 5.74. The molecule has 0 atom stereocenters. The Hall–Kier alpha value is -2.40. The van der Waals surface area contributed by atoms with Crippen LogP contribution in [0.5, 0.6) is 0 Å². The molecule has 2 aromatic carbocycles. The highest BCUT2D eigenvalue weighted by Crippen LogP contribution is 2.07. The van der Waals surface area contributed by atoms with Crippen molar-refractivity contribution in [3.8, 4) is 0 Å². The summed E-state index contributed by atoms with van der Waals surface area (Å²) in [5, 5.41) is 11.9. The number of halogens is 1. The SMILES string of the molecule is O=C(NCCc1ccccc1F)N(CCO)Cc1ccccc1. The number of rotatable bonds is 7. The minimum absolute atomic E-state index is 0.104. The Balaban J connectivity index is 1.87. The Labute approximate surface area is 135 Å². The molecule has 5 heteroatoms. The maximum atomic E-state index is 13.5. The van der Waals surface area contributed by atoms with E-state index in [1.54, 1.807) is 18.2 Å². The molecule has 0 heterocycles. The molecule has 0 unspecified atom stereocenters. The molecule has 0 fully saturated rings. The number of carbonyl (C=O) groups is 1. The predicted molar refractivity (Wildman–Crippen MR) is 87.4 cm³/mol. The molecule has 2 rings (SSSR count). The molecule has 2 amide bonds. The summed E-state index contributed by atoms with van der Waals surface area (Å²) in [6.07, 6.45) is 0.427. The molecule has 0 radical (unpaired) electrons. The molecule has 0 aliphatic rings. The molecule has 0 bridgehead atoms. The van der Waals surface area contributed by atoms with E-state index in [0.29, 0.717) is 25.1 Å². The zero-order valence-electron chi connectivity index (χ0n) is 12.9. The van der Waals surface area contributed by atoms with Gasteiger partial charge in [-0.05, 0) is 23.6 Å². The normalized spacial score (nSPS) is 10.3. The smallest absolute Gasteiger partial charge is 0.317 e. The van der Waals surface area contributed by atoms with Gasteiger partial charge in [-0.1, -0.05) is 48.5 Å². The Morgan fingerprint density at radius 3 is 2.48 bits per heavy atom. The Morgan fingerprint density at radius 1 is 1.09 bits per heavy atom. The van der Waals surface area contributed by atoms with E-state index in [0.717, 1.165) is 5.56 Å². The van der Waals surface area contributed by atoms with E-state index in [2.05, 4.69) is 5.32 Å². The molecule has 0 saturated carbocycles. The Bertz CT molecular complexity index is 619. The first-order chi connectivity index (χ1) is 11.2. The summed E-state index contributed by atoms with van der Waals surface area (Å²) in [4.78, 5) is 13.8. The van der Waals surface area contributed by atoms with E-state index in [1.165, 1.54) is 11.0 Å². The highest BCUT2D eigenvalue weighted by atomic mass is 19.1. The number of hydrogen-bond acceptors (Lipinski definition) is 2. The maximum Gasteiger partial charge on any atom is 0.317 e. The first-order valence-corrected chi connectivity index (χ1v) is 7.61. The summed E-state index contributed by atoms with van der Waals surface area (Å²) >= 11 is 0. The third-order valence-corrected chi connectivity index (χ3v) is 3.50. The molecule has 0 aromatic heterocycles. The number of nitrogens with zero attached hydrogens (tertiary/aromatic N) is 1. The van der Waals surface area contributed by atoms with E-state index in [4.69, 9.17) is 5.11 Å². The third kappa shape index (κ3) is 5.38. The fraction of sp³-hybridized carbons (Fsp3) is 0.278. The first kappa shape index (κ1) is 17.0. The Morgan fingerprint density at radius 2 is 1.78 bits per heavy atom. The number of amides is 2. The summed E-state index contributed by atoms with van der Waals surface area (Å²) in [5.74, 6) is -0.266. The van der Waals surface area contributed by atoms with E-state index >= 15 is 0 Å². The van der Waals surface area contributed by atoms with E-state index in [9.17, 15) is 9.18 Å². The van der Waals surface area contributed by atoms with Crippen LogP contribution < -0.4 is 5.32 Å². The van der Waals surface area contributed by atoms with Crippen LogP contribution in [0, 0.1) is 5.82 Å². The second-order valence-corrected chi connectivity index (χ2v) is 5.20. The molecule has 0 aliphatic carbocycles. The summed E-state index contributed by atoms with van der Waals surface area (Å²) < 4.78 is 13.5. The van der Waals surface area contributed by atoms with Crippen molar-refractivity contribution < 1.29 is 14.3 Å². The lowest BCUT2D eigenvalue weighted by molar-refractivity contribution is 0.174. The van der Waals surface area contributed by atoms with Crippen molar-refractivity contribution in [2.24, 2.45) is 0 Å². The average molecular weight is 316 g/mol. The van der Waals surface area contributed by atoms with Gasteiger partial charge in [0, 0.05) is 19.6 Å². The van der Waals surface area contributed by atoms with Crippen molar-refractivity contribution >= 4 is 6.03 Å². The minimum atomic E-state index is -0.266. The summed E-state index contributed by atoms with van der Waals surface area (Å²) in [5.41, 5.74) is 1.56. The van der Waals surface area contributed by atoms with Crippen molar-refractivity contribution in [2.45, 2.75) is 13.0 Å². The average Bonchev–Trinajstić information content (AvgIpc) is 2.57. The van der Waals surface area contributed by atoms with Gasteiger partial charge in [-0.2, -0.15) is 0 Å². The molecule has 0 aliphatic heterocycles. The van der Waals surface area contributed by atoms with Crippen molar-refractivity contribution in [1.29, 1.82) is 0 Å². The zero-order chi connectivity index (χ0) is 16.5. The number of aliphatic hydroxyl groups excluding tert-OH is 1. The summed E-state index contributed by atoms with van der Waals surface area (Å²) in [6, 6.07) is 15.8. The number of urea groups is 1. The molecular weight excluding hydrogens is 295 g/mol. The van der Waals surface area contributed by atoms with Crippen LogP contribution in [0.3, 0.4) is 0 Å². The molecule has 23 heavy (non-hydrogen) atoms. The number of nitrogens with one attached hydrogen (secondary N) is 1. The molecule has 2 aromatic rings. The van der Waals surface area contributed by atoms with Crippen LogP contribution in [0.1, 0.15) is 11.1 Å². The molecule has 4 nitrogen and oxygen atoms in total. The third-order valence-electron chi connectivity index (χ3n) is 3.50. The van der Waals surface area contributed by atoms with Gasteiger partial charge in [0.15, 0.2) is 0 Å². The Kier molecular flexibility index (Phi) is 6.56. The van der Waals surface area contributed by atoms with E-state index in [1.807, 2.05) is 30.3 Å². The van der Waals surface area contributed by atoms with Crippen molar-refractivity contribution in [1.82, 2.24) is 10.2 Å². The fourth-order valence-electron chi connectivity index (χ4n) is 2.29. The number of carbonyl (C=O) groups excluding carboxylic acids is 1. The zero-order valence-corrected chi connectivity index (χ0v) is 12.9. The molecule has 122 valence electrons. The van der Waals surface area contributed by atoms with Crippen molar-refractivity contribution in [2.75, 3.05) is 19.7 Å². The van der Waals surface area contributed by atoms with Gasteiger partial charge in [0.2, 0.25) is 0 Å². The van der Waals surface area contributed by atoms with Crippen LogP contribution in [0.25, 0.3) is 0 Å². The molecule has 0 spiro atoms. The van der Waals surface area contributed by atoms with Gasteiger partial charge < -0.3 is 15.3 Å². The van der Waals surface area contributed by atoms with Crippen LogP contribution in [0.2, 0.25) is 0 Å². The number of benzene rings is 2. The summed E-state index contributed by atoms with van der Waals surface area (Å²) in [6.45, 7) is 0.914. The predicted octanol–water partition coefficient (Wildman–Crippen LogP) is 2.57. The van der Waals surface area contributed by atoms with Crippen LogP contribution in [-0.4, -0.2) is 35.7 Å². The second-order valence-electron chi connectivity index (χ2n) is 5.20. The van der Waals surface area contributed by atoms with Gasteiger partial charge in [-0.3, -0.25) is 0 Å². The minimum Gasteiger partial charge on any atom is -0.395 e.